The van der Waals surface area contributed by atoms with Crippen molar-refractivity contribution in [3.05, 3.63) is 102 Å². The summed E-state index contributed by atoms with van der Waals surface area (Å²) in [6.45, 7) is 0. The number of aromatic nitrogens is 1. The molecule has 1 aliphatic heterocycles. The van der Waals surface area contributed by atoms with Crippen LogP contribution in [0, 0.1) is 0 Å². The second-order valence-corrected chi connectivity index (χ2v) is 8.52. The number of ketones is 1. The number of unbranched alkanes of at least 4 members (excludes halogenated alkanes) is 3. The van der Waals surface area contributed by atoms with E-state index in [-0.39, 0.29) is 17.7 Å². The summed E-state index contributed by atoms with van der Waals surface area (Å²) in [5.41, 5.74) is 4.39. The van der Waals surface area contributed by atoms with Crippen LogP contribution in [0.5, 0.6) is 0 Å². The van der Waals surface area contributed by atoms with Crippen LogP contribution < -0.4 is 4.90 Å². The number of pyridine rings is 1. The molecule has 4 nitrogen and oxygen atoms in total. The Hall–Kier alpha value is -3.53. The lowest BCUT2D eigenvalue weighted by Crippen LogP contribution is -2.31. The van der Waals surface area contributed by atoms with Gasteiger partial charge in [-0.25, -0.2) is 0 Å². The smallest absolute Gasteiger partial charge is 0.227 e. The van der Waals surface area contributed by atoms with Gasteiger partial charge in [0.2, 0.25) is 5.91 Å². The molecule has 1 unspecified atom stereocenters. The average Bonchev–Trinajstić information content (AvgIpc) is 3.26. The van der Waals surface area contributed by atoms with Crippen molar-refractivity contribution in [2.24, 2.45) is 0 Å². The Labute approximate surface area is 196 Å². The van der Waals surface area contributed by atoms with E-state index in [0.717, 1.165) is 43.4 Å². The number of hydrogen-bond donors (Lipinski definition) is 0. The zero-order chi connectivity index (χ0) is 22.9. The third-order valence-electron chi connectivity index (χ3n) is 6.14. The Morgan fingerprint density at radius 2 is 1.64 bits per heavy atom. The monoisotopic (exact) mass is 438 g/mol. The zero-order valence-corrected chi connectivity index (χ0v) is 18.9. The average molecular weight is 439 g/mol. The molecule has 1 aliphatic rings. The maximum absolute atomic E-state index is 13.2. The normalized spacial score (nSPS) is 15.0. The van der Waals surface area contributed by atoms with Crippen molar-refractivity contribution in [1.29, 1.82) is 0 Å². The van der Waals surface area contributed by atoms with E-state index in [1.54, 1.807) is 18.5 Å². The number of hydrogen-bond acceptors (Lipinski definition) is 3. The summed E-state index contributed by atoms with van der Waals surface area (Å²) in [5, 5.41) is 0. The first-order valence-corrected chi connectivity index (χ1v) is 11.8. The van der Waals surface area contributed by atoms with E-state index in [9.17, 15) is 9.59 Å². The first kappa shape index (κ1) is 22.7. The van der Waals surface area contributed by atoms with Gasteiger partial charge in [0.25, 0.3) is 0 Å². The molecule has 33 heavy (non-hydrogen) atoms. The molecule has 4 heteroatoms. The SMILES string of the molecule is O=C(/C=C/c1cccnc1)CCCCCCC(=O)N1c2ccccc2CC1c1ccccc1. The lowest BCUT2D eigenvalue weighted by Gasteiger charge is -2.26. The van der Waals surface area contributed by atoms with Crippen molar-refractivity contribution in [3.63, 3.8) is 0 Å². The van der Waals surface area contributed by atoms with E-state index in [2.05, 4.69) is 29.2 Å². The number of nitrogens with zero attached hydrogens (tertiary/aromatic N) is 2. The highest BCUT2D eigenvalue weighted by atomic mass is 16.2. The molecule has 4 rings (SSSR count). The standard InChI is InChI=1S/C29H30N2O2/c32-26(19-18-23-11-10-20-30-22-23)15-6-1-2-7-17-29(33)31-27-16-9-8-14-25(27)21-28(31)24-12-4-3-5-13-24/h3-5,8-14,16,18-20,22,28H,1-2,6-7,15,17,21H2/b19-18+. The van der Waals surface area contributed by atoms with Gasteiger partial charge in [-0.2, -0.15) is 0 Å². The molecule has 0 spiro atoms. The minimum absolute atomic E-state index is 0.0697. The van der Waals surface area contributed by atoms with Gasteiger partial charge in [0.05, 0.1) is 6.04 Å². The van der Waals surface area contributed by atoms with Crippen molar-refractivity contribution < 1.29 is 9.59 Å². The molecule has 2 heterocycles. The van der Waals surface area contributed by atoms with Crippen LogP contribution in [0.3, 0.4) is 0 Å². The van der Waals surface area contributed by atoms with Gasteiger partial charge in [0, 0.05) is 30.9 Å². The molecule has 2 aromatic carbocycles. The van der Waals surface area contributed by atoms with E-state index in [4.69, 9.17) is 0 Å². The molecule has 0 bridgehead atoms. The van der Waals surface area contributed by atoms with Crippen LogP contribution in [0.1, 0.15) is 61.3 Å². The Morgan fingerprint density at radius 1 is 0.879 bits per heavy atom. The predicted octanol–water partition coefficient (Wildman–Crippen LogP) is 6.34. The van der Waals surface area contributed by atoms with Gasteiger partial charge < -0.3 is 4.90 Å². The second-order valence-electron chi connectivity index (χ2n) is 8.52. The number of allylic oxidation sites excluding steroid dienone is 1. The molecular formula is C29H30N2O2. The molecule has 0 N–H and O–H groups in total. The number of benzene rings is 2. The van der Waals surface area contributed by atoms with Gasteiger partial charge in [-0.05, 0) is 60.2 Å². The Bertz CT molecular complexity index is 1090. The number of anilines is 1. The maximum Gasteiger partial charge on any atom is 0.227 e. The van der Waals surface area contributed by atoms with Crippen LogP contribution in [0.2, 0.25) is 0 Å². The summed E-state index contributed by atoms with van der Waals surface area (Å²) in [7, 11) is 0. The molecule has 3 aromatic rings. The lowest BCUT2D eigenvalue weighted by molar-refractivity contribution is -0.119. The molecule has 1 amide bonds. The van der Waals surface area contributed by atoms with Crippen molar-refractivity contribution in [2.75, 3.05) is 4.90 Å². The Balaban J connectivity index is 1.23. The number of rotatable bonds is 10. The van der Waals surface area contributed by atoms with Crippen molar-refractivity contribution >= 4 is 23.5 Å². The van der Waals surface area contributed by atoms with Crippen LogP contribution in [-0.4, -0.2) is 16.7 Å². The molecular weight excluding hydrogens is 408 g/mol. The van der Waals surface area contributed by atoms with Crippen molar-refractivity contribution in [2.45, 2.75) is 51.0 Å². The van der Waals surface area contributed by atoms with E-state index in [0.29, 0.717) is 12.8 Å². The number of carbonyl (C=O) groups excluding carboxylic acids is 2. The van der Waals surface area contributed by atoms with Crippen LogP contribution in [0.15, 0.2) is 85.2 Å². The van der Waals surface area contributed by atoms with E-state index >= 15 is 0 Å². The Morgan fingerprint density at radius 3 is 2.42 bits per heavy atom. The third-order valence-corrected chi connectivity index (χ3v) is 6.14. The summed E-state index contributed by atoms with van der Waals surface area (Å²) < 4.78 is 0. The fraction of sp³-hybridized carbons (Fsp3) is 0.276. The summed E-state index contributed by atoms with van der Waals surface area (Å²) in [6.07, 6.45) is 12.4. The molecule has 1 aromatic heterocycles. The lowest BCUT2D eigenvalue weighted by atomic mass is 10.0. The van der Waals surface area contributed by atoms with Gasteiger partial charge in [-0.1, -0.05) is 67.4 Å². The van der Waals surface area contributed by atoms with E-state index in [1.165, 1.54) is 11.1 Å². The van der Waals surface area contributed by atoms with Crippen molar-refractivity contribution in [1.82, 2.24) is 4.98 Å². The molecule has 0 aliphatic carbocycles. The quantitative estimate of drug-likeness (QED) is 0.274. The fourth-order valence-corrected chi connectivity index (χ4v) is 4.43. The number of fused-ring (bicyclic) bond motifs is 1. The molecule has 1 atom stereocenters. The highest BCUT2D eigenvalue weighted by molar-refractivity contribution is 5.96. The van der Waals surface area contributed by atoms with Crippen LogP contribution in [0.25, 0.3) is 6.08 Å². The molecule has 0 saturated heterocycles. The molecule has 0 fully saturated rings. The Kier molecular flexibility index (Phi) is 7.81. The zero-order valence-electron chi connectivity index (χ0n) is 18.9. The molecule has 168 valence electrons. The first-order valence-electron chi connectivity index (χ1n) is 11.8. The third kappa shape index (κ3) is 6.04. The highest BCUT2D eigenvalue weighted by Crippen LogP contribution is 2.40. The van der Waals surface area contributed by atoms with Gasteiger partial charge in [0.1, 0.15) is 0 Å². The second kappa shape index (κ2) is 11.4. The van der Waals surface area contributed by atoms with Crippen LogP contribution >= 0.6 is 0 Å². The van der Waals surface area contributed by atoms with Crippen LogP contribution in [-0.2, 0) is 16.0 Å². The minimum atomic E-state index is 0.0697. The number of para-hydroxylation sites is 1. The highest BCUT2D eigenvalue weighted by Gasteiger charge is 2.33. The van der Waals surface area contributed by atoms with Crippen molar-refractivity contribution in [3.8, 4) is 0 Å². The minimum Gasteiger partial charge on any atom is -0.304 e. The molecule has 0 saturated carbocycles. The maximum atomic E-state index is 13.2. The summed E-state index contributed by atoms with van der Waals surface area (Å²) in [6, 6.07) is 22.4. The van der Waals surface area contributed by atoms with E-state index < -0.39 is 0 Å². The number of amides is 1. The summed E-state index contributed by atoms with van der Waals surface area (Å²) >= 11 is 0. The van der Waals surface area contributed by atoms with Gasteiger partial charge in [0.15, 0.2) is 5.78 Å². The number of carbonyl (C=O) groups is 2. The largest absolute Gasteiger partial charge is 0.304 e. The van der Waals surface area contributed by atoms with Gasteiger partial charge >= 0.3 is 0 Å². The summed E-state index contributed by atoms with van der Waals surface area (Å²) in [4.78, 5) is 31.3. The van der Waals surface area contributed by atoms with Gasteiger partial charge in [-0.3, -0.25) is 14.6 Å². The summed E-state index contributed by atoms with van der Waals surface area (Å²) in [5.74, 6) is 0.318. The van der Waals surface area contributed by atoms with Gasteiger partial charge in [-0.15, -0.1) is 0 Å². The first-order chi connectivity index (χ1) is 16.2. The fourth-order valence-electron chi connectivity index (χ4n) is 4.43. The predicted molar refractivity (Wildman–Crippen MR) is 133 cm³/mol. The van der Waals surface area contributed by atoms with Crippen LogP contribution in [0.4, 0.5) is 5.69 Å². The topological polar surface area (TPSA) is 50.3 Å². The van der Waals surface area contributed by atoms with E-state index in [1.807, 2.05) is 53.4 Å². The molecule has 0 radical (unpaired) electrons.